The van der Waals surface area contributed by atoms with Crippen LogP contribution in [0.25, 0.3) is 0 Å². The first kappa shape index (κ1) is 24.5. The van der Waals surface area contributed by atoms with Crippen LogP contribution in [-0.4, -0.2) is 46.1 Å². The van der Waals surface area contributed by atoms with E-state index in [4.69, 9.17) is 0 Å². The van der Waals surface area contributed by atoms with E-state index in [1.807, 2.05) is 0 Å². The second kappa shape index (κ2) is 10.9. The molecule has 2 aromatic rings. The third kappa shape index (κ3) is 9.42. The topological polar surface area (TPSA) is 126 Å². The van der Waals surface area contributed by atoms with Gasteiger partial charge in [-0.3, -0.25) is 0 Å². The molecule has 0 fully saturated rings. The van der Waals surface area contributed by atoms with Crippen LogP contribution in [0.15, 0.2) is 60.7 Å². The predicted octanol–water partition coefficient (Wildman–Crippen LogP) is -2.31. The van der Waals surface area contributed by atoms with E-state index in [1.165, 1.54) is 48.5 Å². The summed E-state index contributed by atoms with van der Waals surface area (Å²) >= 11 is 0. The minimum atomic E-state index is -4.52. The van der Waals surface area contributed by atoms with E-state index < -0.39 is 15.2 Å². The van der Waals surface area contributed by atoms with Crippen molar-refractivity contribution in [3.05, 3.63) is 60.7 Å². The fourth-order valence-corrected chi connectivity index (χ4v) is 2.30. The van der Waals surface area contributed by atoms with Gasteiger partial charge in [0, 0.05) is 0 Å². The number of rotatable bonds is 2. The second-order valence-corrected chi connectivity index (χ2v) is 6.69. The monoisotopic (exact) mass is 360 g/mol. The first-order chi connectivity index (χ1) is 9.21. The van der Waals surface area contributed by atoms with Gasteiger partial charge in [-0.05, 0) is 25.8 Å². The van der Waals surface area contributed by atoms with Gasteiger partial charge in [0.25, 0.3) is 0 Å². The van der Waals surface area contributed by atoms with Crippen molar-refractivity contribution in [1.29, 1.82) is 0 Å². The molecule has 0 atom stereocenters. The minimum Gasteiger partial charge on any atom is -0.807 e. The van der Waals surface area contributed by atoms with Crippen LogP contribution in [0.1, 0.15) is 0 Å². The molecular weight excluding hydrogens is 351 g/mol. The van der Waals surface area contributed by atoms with E-state index in [9.17, 15) is 28.7 Å². The SMILES string of the molecule is O=P([O-])([O-])c1ccccc1.O=P([O-])([O-])c1ccccc1.[Mg+2].[Mg+2]. The average Bonchev–Trinajstić information content (AvgIpc) is 2.40. The van der Waals surface area contributed by atoms with Gasteiger partial charge in [0.05, 0.1) is 0 Å². The summed E-state index contributed by atoms with van der Waals surface area (Å²) in [6.45, 7) is 0. The van der Waals surface area contributed by atoms with Crippen LogP contribution in [0.4, 0.5) is 0 Å². The fraction of sp³-hybridized carbons (Fsp3) is 0. The Hall–Kier alpha value is 0.272. The Bertz CT molecular complexity index is 569. The Kier molecular flexibility index (Phi) is 12.2. The van der Waals surface area contributed by atoms with Crippen LogP contribution < -0.4 is 30.2 Å². The van der Waals surface area contributed by atoms with Gasteiger partial charge in [0.1, 0.15) is 0 Å². The minimum absolute atomic E-state index is 0. The van der Waals surface area contributed by atoms with Crippen molar-refractivity contribution in [2.75, 3.05) is 0 Å². The van der Waals surface area contributed by atoms with Crippen LogP contribution in [0, 0.1) is 0 Å². The average molecular weight is 361 g/mol. The molecule has 2 rings (SSSR count). The van der Waals surface area contributed by atoms with E-state index in [1.54, 1.807) is 12.1 Å². The smallest absolute Gasteiger partial charge is 0.807 e. The number of hydrogen-bond donors (Lipinski definition) is 0. The summed E-state index contributed by atoms with van der Waals surface area (Å²) in [5.74, 6) is 0. The molecule has 0 aliphatic rings. The van der Waals surface area contributed by atoms with Gasteiger partial charge in [-0.2, -0.15) is 0 Å². The van der Waals surface area contributed by atoms with Crippen molar-refractivity contribution >= 4 is 71.9 Å². The van der Waals surface area contributed by atoms with Crippen molar-refractivity contribution in [3.63, 3.8) is 0 Å². The summed E-state index contributed by atoms with van der Waals surface area (Å²) in [7, 11) is -9.04. The summed E-state index contributed by atoms with van der Waals surface area (Å²) in [6, 6.07) is 14.5. The Balaban J connectivity index is 0. The molecule has 6 nitrogen and oxygen atoms in total. The maximum absolute atomic E-state index is 10.3. The molecule has 0 aromatic heterocycles. The zero-order valence-electron chi connectivity index (χ0n) is 11.5. The summed E-state index contributed by atoms with van der Waals surface area (Å²) in [6.07, 6.45) is 0. The van der Waals surface area contributed by atoms with Crippen LogP contribution in [0.3, 0.4) is 0 Å². The summed E-state index contributed by atoms with van der Waals surface area (Å²) in [5.41, 5.74) is 0. The molecule has 0 spiro atoms. The van der Waals surface area contributed by atoms with Crippen molar-refractivity contribution in [2.24, 2.45) is 0 Å². The van der Waals surface area contributed by atoms with Gasteiger partial charge in [0.2, 0.25) is 0 Å². The normalized spacial score (nSPS) is 10.4. The summed E-state index contributed by atoms with van der Waals surface area (Å²) < 4.78 is 20.6. The molecule has 0 aliphatic heterocycles. The zero-order chi connectivity index (χ0) is 15.2. The zero-order valence-corrected chi connectivity index (χ0v) is 16.1. The first-order valence-corrected chi connectivity index (χ1v) is 8.45. The molecule has 108 valence electrons. The molecule has 0 heterocycles. The van der Waals surface area contributed by atoms with Gasteiger partial charge in [0.15, 0.2) is 0 Å². The molecule has 0 saturated carbocycles. The van der Waals surface area contributed by atoms with Crippen LogP contribution in [-0.2, 0) is 9.13 Å². The summed E-state index contributed by atoms with van der Waals surface area (Å²) in [5, 5.41) is -0.315. The van der Waals surface area contributed by atoms with Crippen LogP contribution >= 0.6 is 15.2 Å². The molecule has 2 aromatic carbocycles. The maximum atomic E-state index is 10.3. The quantitative estimate of drug-likeness (QED) is 0.437. The van der Waals surface area contributed by atoms with Gasteiger partial charge in [-0.1, -0.05) is 60.7 Å². The first-order valence-electron chi connectivity index (χ1n) is 5.36. The Labute approximate surface area is 160 Å². The van der Waals surface area contributed by atoms with Crippen molar-refractivity contribution in [2.45, 2.75) is 0 Å². The standard InChI is InChI=1S/2C6H7O3P.2Mg/c2*7-10(8,9)6-4-2-1-3-5-6;;/h2*1-5H,(H2,7,8,9);;/q;;2*+2/p-4. The molecule has 0 N–H and O–H groups in total. The Morgan fingerprint density at radius 1 is 0.545 bits per heavy atom. The molecule has 0 unspecified atom stereocenters. The summed E-state index contributed by atoms with van der Waals surface area (Å²) in [4.78, 5) is 41.2. The number of hydrogen-bond acceptors (Lipinski definition) is 6. The molecule has 10 heteroatoms. The van der Waals surface area contributed by atoms with E-state index >= 15 is 0 Å². The molecule has 0 aliphatic carbocycles. The van der Waals surface area contributed by atoms with Crippen LogP contribution in [0.2, 0.25) is 0 Å². The molecule has 0 bridgehead atoms. The molecule has 0 saturated heterocycles. The third-order valence-electron chi connectivity index (χ3n) is 2.14. The molecule has 22 heavy (non-hydrogen) atoms. The van der Waals surface area contributed by atoms with Gasteiger partial charge in [-0.15, -0.1) is 0 Å². The van der Waals surface area contributed by atoms with Crippen LogP contribution in [0.5, 0.6) is 0 Å². The van der Waals surface area contributed by atoms with E-state index in [-0.39, 0.29) is 56.7 Å². The van der Waals surface area contributed by atoms with Gasteiger partial charge >= 0.3 is 46.1 Å². The molecule has 0 amide bonds. The van der Waals surface area contributed by atoms with E-state index in [0.29, 0.717) is 0 Å². The largest absolute Gasteiger partial charge is 2.00 e. The van der Waals surface area contributed by atoms with E-state index in [2.05, 4.69) is 0 Å². The Morgan fingerprint density at radius 3 is 0.909 bits per heavy atom. The van der Waals surface area contributed by atoms with Crippen molar-refractivity contribution in [1.82, 2.24) is 0 Å². The predicted molar refractivity (Wildman–Crippen MR) is 78.9 cm³/mol. The molecule has 0 radical (unpaired) electrons. The molecular formula is C12H10Mg2O6P2. The van der Waals surface area contributed by atoms with Crippen molar-refractivity contribution in [3.8, 4) is 0 Å². The van der Waals surface area contributed by atoms with E-state index in [0.717, 1.165) is 0 Å². The fourth-order valence-electron chi connectivity index (χ4n) is 1.22. The second-order valence-electron chi connectivity index (χ2n) is 3.67. The van der Waals surface area contributed by atoms with Gasteiger partial charge < -0.3 is 28.7 Å². The maximum Gasteiger partial charge on any atom is 2.00 e. The van der Waals surface area contributed by atoms with Crippen molar-refractivity contribution < 1.29 is 28.7 Å². The third-order valence-corrected chi connectivity index (χ3v) is 4.01. The Morgan fingerprint density at radius 2 is 0.773 bits per heavy atom. The number of benzene rings is 2. The van der Waals surface area contributed by atoms with Gasteiger partial charge in [-0.25, -0.2) is 0 Å².